The van der Waals surface area contributed by atoms with Gasteiger partial charge < -0.3 is 26.4 Å². The van der Waals surface area contributed by atoms with Gasteiger partial charge in [-0.1, -0.05) is 154 Å². The van der Waals surface area contributed by atoms with Crippen molar-refractivity contribution in [1.82, 2.24) is 0 Å². The second-order valence-corrected chi connectivity index (χ2v) is 15.0. The molecule has 0 aromatic carbocycles. The van der Waals surface area contributed by atoms with E-state index in [1.165, 1.54) is 180 Å². The van der Waals surface area contributed by atoms with Crippen molar-refractivity contribution >= 4 is 0 Å². The molecule has 0 aromatic rings. The van der Waals surface area contributed by atoms with Crippen LogP contribution in [0.3, 0.4) is 0 Å². The Bertz CT molecular complexity index is 610. The number of rotatable bonds is 34. The average molecular weight is 669 g/mol. The standard InChI is InChI=1S/C42H82NO2.ClH/c1-5-7-9-11-13-15-17-19-21-23-25-27-29-31-33-35-37-44-41-39-43(3,4)40-42(41)45-38-36-34-32-30-28-26-24-22-20-18-16-14-12-10-8-6-2;/h19-22,41-42H,5-18,23-40H2,1-4H3;1H/q+1;/p-1/t41-,42-;/m1./s1. The van der Waals surface area contributed by atoms with E-state index in [1.807, 2.05) is 0 Å². The maximum Gasteiger partial charge on any atom is 0.138 e. The minimum absolute atomic E-state index is 0. The first-order chi connectivity index (χ1) is 22.1. The van der Waals surface area contributed by atoms with Crippen LogP contribution in [0.4, 0.5) is 0 Å². The molecular weight excluding hydrogens is 586 g/mol. The zero-order valence-corrected chi connectivity index (χ0v) is 32.5. The zero-order valence-electron chi connectivity index (χ0n) is 31.7. The molecule has 1 heterocycles. The molecule has 0 bridgehead atoms. The van der Waals surface area contributed by atoms with Gasteiger partial charge in [-0.05, 0) is 64.2 Å². The molecule has 0 saturated carbocycles. The van der Waals surface area contributed by atoms with Crippen molar-refractivity contribution in [2.24, 2.45) is 0 Å². The van der Waals surface area contributed by atoms with Crippen LogP contribution in [0.1, 0.15) is 194 Å². The quantitative estimate of drug-likeness (QED) is 0.0386. The number of hydrogen-bond acceptors (Lipinski definition) is 2. The van der Waals surface area contributed by atoms with E-state index in [2.05, 4.69) is 52.2 Å². The molecule has 46 heavy (non-hydrogen) atoms. The Kier molecular flexibility index (Phi) is 34.2. The molecule has 0 unspecified atom stereocenters. The highest BCUT2D eigenvalue weighted by atomic mass is 35.5. The van der Waals surface area contributed by atoms with Crippen LogP contribution < -0.4 is 12.4 Å². The molecule has 3 nitrogen and oxygen atoms in total. The Balaban J connectivity index is 0.0000202. The molecular formula is C42H82ClNO2. The molecule has 1 rings (SSSR count). The van der Waals surface area contributed by atoms with E-state index >= 15 is 0 Å². The molecule has 1 saturated heterocycles. The maximum atomic E-state index is 6.40. The monoisotopic (exact) mass is 668 g/mol. The summed E-state index contributed by atoms with van der Waals surface area (Å²) in [6.45, 7) is 8.56. The van der Waals surface area contributed by atoms with Gasteiger partial charge in [0.05, 0.1) is 14.1 Å². The van der Waals surface area contributed by atoms with Crippen molar-refractivity contribution < 1.29 is 26.4 Å². The highest BCUT2D eigenvalue weighted by molar-refractivity contribution is 4.82. The summed E-state index contributed by atoms with van der Waals surface area (Å²) in [5, 5.41) is 0. The summed E-state index contributed by atoms with van der Waals surface area (Å²) >= 11 is 0. The smallest absolute Gasteiger partial charge is 0.138 e. The lowest BCUT2D eigenvalue weighted by molar-refractivity contribution is -0.880. The van der Waals surface area contributed by atoms with Crippen molar-refractivity contribution in [2.75, 3.05) is 40.4 Å². The van der Waals surface area contributed by atoms with Crippen LogP contribution in [-0.4, -0.2) is 57.1 Å². The van der Waals surface area contributed by atoms with Gasteiger partial charge >= 0.3 is 0 Å². The number of allylic oxidation sites excluding steroid dienone is 4. The fourth-order valence-electron chi connectivity index (χ4n) is 6.77. The summed E-state index contributed by atoms with van der Waals surface area (Å²) in [6, 6.07) is 0. The molecule has 1 aliphatic heterocycles. The predicted molar refractivity (Wildman–Crippen MR) is 200 cm³/mol. The van der Waals surface area contributed by atoms with Gasteiger partial charge in [0.2, 0.25) is 0 Å². The molecule has 0 amide bonds. The number of nitrogens with zero attached hydrogens (tertiary/aromatic N) is 1. The van der Waals surface area contributed by atoms with Crippen LogP contribution in [0.15, 0.2) is 24.3 Å². The molecule has 4 heteroatoms. The second kappa shape index (κ2) is 34.5. The Morgan fingerprint density at radius 1 is 0.413 bits per heavy atom. The lowest BCUT2D eigenvalue weighted by Crippen LogP contribution is -3.00. The fraction of sp³-hybridized carbons (Fsp3) is 0.905. The van der Waals surface area contributed by atoms with Gasteiger partial charge in [-0.2, -0.15) is 0 Å². The summed E-state index contributed by atoms with van der Waals surface area (Å²) in [6.07, 6.45) is 48.1. The van der Waals surface area contributed by atoms with E-state index in [-0.39, 0.29) is 24.6 Å². The van der Waals surface area contributed by atoms with E-state index < -0.39 is 0 Å². The minimum Gasteiger partial charge on any atom is -1.00 e. The van der Waals surface area contributed by atoms with Crippen LogP contribution in [-0.2, 0) is 9.47 Å². The van der Waals surface area contributed by atoms with Crippen LogP contribution in [0.5, 0.6) is 0 Å². The molecule has 0 spiro atoms. The van der Waals surface area contributed by atoms with Crippen molar-refractivity contribution in [3.63, 3.8) is 0 Å². The van der Waals surface area contributed by atoms with Crippen molar-refractivity contribution in [3.8, 4) is 0 Å². The van der Waals surface area contributed by atoms with Gasteiger partial charge in [-0.25, -0.2) is 0 Å². The molecule has 1 aliphatic rings. The lowest BCUT2D eigenvalue weighted by atomic mass is 10.1. The van der Waals surface area contributed by atoms with E-state index in [4.69, 9.17) is 9.47 Å². The average Bonchev–Trinajstić information content (AvgIpc) is 3.32. The van der Waals surface area contributed by atoms with Crippen LogP contribution >= 0.6 is 0 Å². The largest absolute Gasteiger partial charge is 1.00 e. The second-order valence-electron chi connectivity index (χ2n) is 15.0. The molecule has 0 aromatic heterocycles. The van der Waals surface area contributed by atoms with Gasteiger partial charge in [0.15, 0.2) is 0 Å². The highest BCUT2D eigenvalue weighted by Crippen LogP contribution is 2.22. The normalized spacial score (nSPS) is 17.8. The Morgan fingerprint density at radius 3 is 0.978 bits per heavy atom. The summed E-state index contributed by atoms with van der Waals surface area (Å²) < 4.78 is 13.8. The van der Waals surface area contributed by atoms with Crippen LogP contribution in [0.25, 0.3) is 0 Å². The van der Waals surface area contributed by atoms with Crippen LogP contribution in [0, 0.1) is 0 Å². The molecule has 0 N–H and O–H groups in total. The third-order valence-corrected chi connectivity index (χ3v) is 9.74. The summed E-state index contributed by atoms with van der Waals surface area (Å²) in [7, 11) is 4.65. The SMILES string of the molecule is CCCCCCCCC=CCCCCCCCCO[C@@H]1C[N+](C)(C)C[C@H]1OCCCCCCCCC=CCCCCCCCC.[Cl-]. The number of hydrogen-bond donors (Lipinski definition) is 0. The molecule has 1 fully saturated rings. The van der Waals surface area contributed by atoms with Gasteiger partial charge in [0, 0.05) is 13.2 Å². The summed E-state index contributed by atoms with van der Waals surface area (Å²) in [5.74, 6) is 0. The fourth-order valence-corrected chi connectivity index (χ4v) is 6.77. The van der Waals surface area contributed by atoms with Crippen LogP contribution in [0.2, 0.25) is 0 Å². The number of quaternary nitrogens is 1. The number of halogens is 1. The van der Waals surface area contributed by atoms with E-state index in [9.17, 15) is 0 Å². The molecule has 2 atom stereocenters. The number of likely N-dealkylation sites (tertiary alicyclic amines) is 1. The van der Waals surface area contributed by atoms with E-state index in [0.29, 0.717) is 0 Å². The third kappa shape index (κ3) is 29.8. The molecule has 0 radical (unpaired) electrons. The first-order valence-corrected chi connectivity index (χ1v) is 20.4. The van der Waals surface area contributed by atoms with Crippen molar-refractivity contribution in [1.29, 1.82) is 0 Å². The van der Waals surface area contributed by atoms with Crippen molar-refractivity contribution in [3.05, 3.63) is 24.3 Å². The first-order valence-electron chi connectivity index (χ1n) is 20.4. The summed E-state index contributed by atoms with van der Waals surface area (Å²) in [4.78, 5) is 0. The highest BCUT2D eigenvalue weighted by Gasteiger charge is 2.41. The Morgan fingerprint density at radius 2 is 0.674 bits per heavy atom. The van der Waals surface area contributed by atoms with Gasteiger partial charge in [0.1, 0.15) is 25.3 Å². The van der Waals surface area contributed by atoms with Gasteiger partial charge in [-0.3, -0.25) is 0 Å². The Hall–Kier alpha value is -0.350. The zero-order chi connectivity index (χ0) is 32.5. The number of unbranched alkanes of at least 4 members (excludes halogenated alkanes) is 24. The number of ether oxygens (including phenoxy) is 2. The minimum atomic E-state index is 0. The maximum absolute atomic E-state index is 6.40. The van der Waals surface area contributed by atoms with Gasteiger partial charge in [0.25, 0.3) is 0 Å². The van der Waals surface area contributed by atoms with E-state index in [1.54, 1.807) is 0 Å². The summed E-state index contributed by atoms with van der Waals surface area (Å²) in [5.41, 5.74) is 0. The lowest BCUT2D eigenvalue weighted by Gasteiger charge is -2.22. The number of likely N-dealkylation sites (N-methyl/N-ethyl adjacent to an activating group) is 1. The first kappa shape index (κ1) is 45.6. The Labute approximate surface area is 296 Å². The van der Waals surface area contributed by atoms with E-state index in [0.717, 1.165) is 30.8 Å². The topological polar surface area (TPSA) is 18.5 Å². The van der Waals surface area contributed by atoms with Crippen molar-refractivity contribution in [2.45, 2.75) is 206 Å². The molecule has 274 valence electrons. The molecule has 0 aliphatic carbocycles. The third-order valence-electron chi connectivity index (χ3n) is 9.74. The van der Waals surface area contributed by atoms with Gasteiger partial charge in [-0.15, -0.1) is 0 Å². The predicted octanol–water partition coefficient (Wildman–Crippen LogP) is 9.93.